The molecular formula is C52H97NO8. The third-order valence-corrected chi connectivity index (χ3v) is 12.2. The first-order valence-electron chi connectivity index (χ1n) is 25.7. The van der Waals surface area contributed by atoms with E-state index >= 15 is 0 Å². The maximum absolute atomic E-state index is 12.8. The van der Waals surface area contributed by atoms with E-state index in [2.05, 4.69) is 36.5 Å². The van der Waals surface area contributed by atoms with Crippen LogP contribution in [0.15, 0.2) is 36.5 Å². The van der Waals surface area contributed by atoms with Crippen molar-refractivity contribution in [3.05, 3.63) is 36.5 Å². The Labute approximate surface area is 374 Å². The molecule has 7 unspecified atom stereocenters. The number of ether oxygens (including phenoxy) is 2. The van der Waals surface area contributed by atoms with Crippen LogP contribution in [0.2, 0.25) is 0 Å². The fraction of sp³-hybridized carbons (Fsp3) is 0.865. The van der Waals surface area contributed by atoms with Crippen molar-refractivity contribution in [1.29, 1.82) is 0 Å². The van der Waals surface area contributed by atoms with Crippen LogP contribution in [0.3, 0.4) is 0 Å². The molecule has 0 saturated carbocycles. The first-order valence-corrected chi connectivity index (χ1v) is 25.7. The molecule has 61 heavy (non-hydrogen) atoms. The van der Waals surface area contributed by atoms with Crippen LogP contribution in [0, 0.1) is 0 Å². The summed E-state index contributed by atoms with van der Waals surface area (Å²) in [5.41, 5.74) is 0. The van der Waals surface area contributed by atoms with Gasteiger partial charge in [0.2, 0.25) is 5.91 Å². The smallest absolute Gasteiger partial charge is 0.220 e. The summed E-state index contributed by atoms with van der Waals surface area (Å²) in [4.78, 5) is 12.8. The third kappa shape index (κ3) is 32.7. The Morgan fingerprint density at radius 2 is 1.00 bits per heavy atom. The number of hydrogen-bond donors (Lipinski definition) is 6. The molecule has 0 aromatic rings. The van der Waals surface area contributed by atoms with E-state index in [1.807, 2.05) is 13.0 Å². The van der Waals surface area contributed by atoms with E-state index in [0.717, 1.165) is 38.5 Å². The molecule has 1 fully saturated rings. The Morgan fingerprint density at radius 3 is 1.44 bits per heavy atom. The van der Waals surface area contributed by atoms with Crippen molar-refractivity contribution in [1.82, 2.24) is 5.32 Å². The fourth-order valence-electron chi connectivity index (χ4n) is 8.08. The zero-order valence-corrected chi connectivity index (χ0v) is 39.4. The summed E-state index contributed by atoms with van der Waals surface area (Å²) in [6.45, 7) is 3.55. The summed E-state index contributed by atoms with van der Waals surface area (Å²) in [5.74, 6) is -0.186. The van der Waals surface area contributed by atoms with Gasteiger partial charge in [-0.1, -0.05) is 217 Å². The van der Waals surface area contributed by atoms with Gasteiger partial charge >= 0.3 is 0 Å². The normalized spacial score (nSPS) is 20.7. The first kappa shape index (κ1) is 57.4. The first-order chi connectivity index (χ1) is 29.8. The highest BCUT2D eigenvalue weighted by atomic mass is 16.7. The predicted molar refractivity (Wildman–Crippen MR) is 253 cm³/mol. The minimum Gasteiger partial charge on any atom is -0.394 e. The maximum Gasteiger partial charge on any atom is 0.220 e. The lowest BCUT2D eigenvalue weighted by atomic mass is 9.99. The monoisotopic (exact) mass is 864 g/mol. The molecular weight excluding hydrogens is 767 g/mol. The number of hydrogen-bond acceptors (Lipinski definition) is 8. The van der Waals surface area contributed by atoms with Gasteiger partial charge in [0.1, 0.15) is 24.4 Å². The Kier molecular flexibility index (Phi) is 39.9. The second kappa shape index (κ2) is 42.4. The highest BCUT2D eigenvalue weighted by molar-refractivity contribution is 5.76. The minimum atomic E-state index is -1.56. The molecule has 358 valence electrons. The van der Waals surface area contributed by atoms with Crippen molar-refractivity contribution in [3.63, 3.8) is 0 Å². The molecule has 1 rings (SSSR count). The number of unbranched alkanes of at least 4 members (excludes halogenated alkanes) is 29. The number of amides is 1. The van der Waals surface area contributed by atoms with Crippen LogP contribution in [-0.4, -0.2) is 87.5 Å². The van der Waals surface area contributed by atoms with Gasteiger partial charge in [0.15, 0.2) is 6.29 Å². The Balaban J connectivity index is 1.93. The molecule has 1 saturated heterocycles. The van der Waals surface area contributed by atoms with Crippen LogP contribution >= 0.6 is 0 Å². The highest BCUT2D eigenvalue weighted by Gasteiger charge is 2.44. The predicted octanol–water partition coefficient (Wildman–Crippen LogP) is 11.6. The van der Waals surface area contributed by atoms with Gasteiger partial charge < -0.3 is 40.3 Å². The molecule has 1 amide bonds. The van der Waals surface area contributed by atoms with E-state index in [4.69, 9.17) is 9.47 Å². The molecule has 7 atom stereocenters. The lowest BCUT2D eigenvalue weighted by Crippen LogP contribution is -2.60. The molecule has 1 aliphatic rings. The van der Waals surface area contributed by atoms with E-state index < -0.39 is 49.5 Å². The lowest BCUT2D eigenvalue weighted by Gasteiger charge is -2.40. The van der Waals surface area contributed by atoms with Crippen LogP contribution in [0.25, 0.3) is 0 Å². The average molecular weight is 864 g/mol. The molecule has 0 aromatic heterocycles. The van der Waals surface area contributed by atoms with Gasteiger partial charge in [-0.3, -0.25) is 4.79 Å². The molecule has 0 spiro atoms. The quantitative estimate of drug-likeness (QED) is 0.0262. The molecule has 0 bridgehead atoms. The molecule has 0 aliphatic carbocycles. The summed E-state index contributed by atoms with van der Waals surface area (Å²) < 4.78 is 11.1. The number of allylic oxidation sites excluding steroid dienone is 5. The maximum atomic E-state index is 12.8. The Hall–Kier alpha value is -1.59. The number of aliphatic hydroxyl groups excluding tert-OH is 5. The van der Waals surface area contributed by atoms with E-state index in [1.165, 1.54) is 173 Å². The Bertz CT molecular complexity index is 1050. The number of carbonyl (C=O) groups is 1. The van der Waals surface area contributed by atoms with Gasteiger partial charge in [-0.15, -0.1) is 0 Å². The fourth-order valence-corrected chi connectivity index (χ4v) is 8.08. The van der Waals surface area contributed by atoms with Crippen molar-refractivity contribution >= 4 is 5.91 Å². The molecule has 0 radical (unpaired) electrons. The molecule has 1 heterocycles. The molecule has 9 heteroatoms. The second-order valence-electron chi connectivity index (χ2n) is 18.0. The van der Waals surface area contributed by atoms with Gasteiger partial charge in [0.25, 0.3) is 0 Å². The van der Waals surface area contributed by atoms with Crippen molar-refractivity contribution in [2.75, 3.05) is 13.2 Å². The van der Waals surface area contributed by atoms with E-state index in [1.54, 1.807) is 6.08 Å². The summed E-state index contributed by atoms with van der Waals surface area (Å²) in [5, 5.41) is 53.4. The Morgan fingerprint density at radius 1 is 0.557 bits per heavy atom. The van der Waals surface area contributed by atoms with Crippen LogP contribution in [0.1, 0.15) is 232 Å². The summed E-state index contributed by atoms with van der Waals surface area (Å²) in [6, 6.07) is -0.797. The average Bonchev–Trinajstić information content (AvgIpc) is 3.26. The van der Waals surface area contributed by atoms with Gasteiger partial charge in [0.05, 0.1) is 25.4 Å². The van der Waals surface area contributed by atoms with Crippen LogP contribution < -0.4 is 5.32 Å². The molecule has 9 nitrogen and oxygen atoms in total. The standard InChI is InChI=1S/C52H97NO8/c1-3-5-7-8-9-10-11-12-13-14-15-16-17-18-19-20-21-22-23-24-25-26-27-28-29-30-31-32-33-34-35-36-37-38-40-42-48(56)53-45(46(55)41-39-6-4-2)44-60-52-51(59)50(58)49(57)47(43-54)61-52/h11-12,14-15,39,41,45-47,49-52,54-55,57-59H,3-10,13,16-38,40,42-44H2,1-2H3,(H,53,56)/b12-11-,15-14-,41-39+. The van der Waals surface area contributed by atoms with Crippen LogP contribution in [0.4, 0.5) is 0 Å². The summed E-state index contributed by atoms with van der Waals surface area (Å²) in [7, 11) is 0. The SMILES string of the molecule is CCC/C=C/C(O)C(COC1OC(CO)C(O)C(O)C1O)NC(=O)CCCCCCCCCCCCCCCCCCCCCCCCC/C=C\C/C=C\CCCCCCC. The van der Waals surface area contributed by atoms with Crippen molar-refractivity contribution in [3.8, 4) is 0 Å². The third-order valence-electron chi connectivity index (χ3n) is 12.2. The number of nitrogens with one attached hydrogen (secondary N) is 1. The van der Waals surface area contributed by atoms with Crippen LogP contribution in [0.5, 0.6) is 0 Å². The highest BCUT2D eigenvalue weighted by Crippen LogP contribution is 2.23. The lowest BCUT2D eigenvalue weighted by molar-refractivity contribution is -0.302. The van der Waals surface area contributed by atoms with E-state index in [-0.39, 0.29) is 12.5 Å². The zero-order chi connectivity index (χ0) is 44.4. The summed E-state index contributed by atoms with van der Waals surface area (Å²) >= 11 is 0. The van der Waals surface area contributed by atoms with Crippen molar-refractivity contribution in [2.24, 2.45) is 0 Å². The van der Waals surface area contributed by atoms with Crippen LogP contribution in [-0.2, 0) is 14.3 Å². The largest absolute Gasteiger partial charge is 0.394 e. The topological polar surface area (TPSA) is 149 Å². The number of carbonyl (C=O) groups excluding carboxylic acids is 1. The second-order valence-corrected chi connectivity index (χ2v) is 18.0. The zero-order valence-electron chi connectivity index (χ0n) is 39.4. The van der Waals surface area contributed by atoms with Gasteiger partial charge in [0, 0.05) is 6.42 Å². The molecule has 0 aromatic carbocycles. The number of rotatable bonds is 43. The van der Waals surface area contributed by atoms with Gasteiger partial charge in [-0.25, -0.2) is 0 Å². The molecule has 6 N–H and O–H groups in total. The van der Waals surface area contributed by atoms with Crippen molar-refractivity contribution < 1.29 is 39.8 Å². The van der Waals surface area contributed by atoms with Gasteiger partial charge in [-0.2, -0.15) is 0 Å². The van der Waals surface area contributed by atoms with Crippen molar-refractivity contribution in [2.45, 2.75) is 275 Å². The minimum absolute atomic E-state index is 0.186. The van der Waals surface area contributed by atoms with E-state index in [0.29, 0.717) is 6.42 Å². The van der Waals surface area contributed by atoms with E-state index in [9.17, 15) is 30.3 Å². The van der Waals surface area contributed by atoms with Gasteiger partial charge in [-0.05, 0) is 44.9 Å². The number of aliphatic hydroxyl groups is 5. The molecule has 1 aliphatic heterocycles. The summed E-state index contributed by atoms with van der Waals surface area (Å²) in [6.07, 6.45) is 47.6.